The van der Waals surface area contributed by atoms with Crippen molar-refractivity contribution in [1.82, 2.24) is 20.0 Å². The molecule has 0 saturated carbocycles. The maximum Gasteiger partial charge on any atom is 0.193 e. The molecule has 1 N–H and O–H groups in total. The van der Waals surface area contributed by atoms with Gasteiger partial charge in [-0.15, -0.1) is 0 Å². The van der Waals surface area contributed by atoms with Gasteiger partial charge >= 0.3 is 0 Å². The predicted molar refractivity (Wildman–Crippen MR) is 117 cm³/mol. The van der Waals surface area contributed by atoms with E-state index < -0.39 is 0 Å². The molecule has 0 unspecified atom stereocenters. The summed E-state index contributed by atoms with van der Waals surface area (Å²) in [7, 11) is 1.88. The van der Waals surface area contributed by atoms with Crippen LogP contribution in [0.1, 0.15) is 28.9 Å². The summed E-state index contributed by atoms with van der Waals surface area (Å²) in [5.41, 5.74) is 6.43. The Bertz CT molecular complexity index is 814. The maximum absolute atomic E-state index is 4.53. The average molecular weight is 383 g/mol. The number of nitrogens with one attached hydrogen (secondary N) is 1. The van der Waals surface area contributed by atoms with Crippen LogP contribution in [0.15, 0.2) is 29.3 Å². The smallest absolute Gasteiger partial charge is 0.193 e. The van der Waals surface area contributed by atoms with Gasteiger partial charge in [-0.1, -0.05) is 12.1 Å². The Labute approximate surface area is 169 Å². The van der Waals surface area contributed by atoms with E-state index in [0.29, 0.717) is 0 Å². The number of rotatable bonds is 5. The van der Waals surface area contributed by atoms with E-state index in [1.807, 2.05) is 14.0 Å². The SMILES string of the molecule is CN=C(NCCCn1nc(C)cc1C)N1CCN(c2cccc(C)c2C)CC1. The highest BCUT2D eigenvalue weighted by molar-refractivity contribution is 5.80. The zero-order chi connectivity index (χ0) is 20.1. The first-order valence-corrected chi connectivity index (χ1v) is 10.3. The van der Waals surface area contributed by atoms with E-state index in [9.17, 15) is 0 Å². The minimum Gasteiger partial charge on any atom is -0.368 e. The summed E-state index contributed by atoms with van der Waals surface area (Å²) >= 11 is 0. The Morgan fingerprint density at radius 1 is 1.11 bits per heavy atom. The van der Waals surface area contributed by atoms with E-state index in [4.69, 9.17) is 0 Å². The normalized spacial score (nSPS) is 15.2. The zero-order valence-electron chi connectivity index (χ0n) is 18.0. The van der Waals surface area contributed by atoms with Crippen LogP contribution in [-0.2, 0) is 6.54 Å². The lowest BCUT2D eigenvalue weighted by Crippen LogP contribution is -2.52. The number of aryl methyl sites for hydroxylation is 4. The Balaban J connectivity index is 1.47. The summed E-state index contributed by atoms with van der Waals surface area (Å²) in [6.45, 7) is 14.4. The van der Waals surface area contributed by atoms with Crippen molar-refractivity contribution in [3.05, 3.63) is 46.8 Å². The van der Waals surface area contributed by atoms with Gasteiger partial charge in [0.15, 0.2) is 5.96 Å². The van der Waals surface area contributed by atoms with Crippen LogP contribution in [0.4, 0.5) is 5.69 Å². The van der Waals surface area contributed by atoms with Gasteiger partial charge in [-0.3, -0.25) is 9.67 Å². The molecule has 1 saturated heterocycles. The molecule has 0 aliphatic carbocycles. The van der Waals surface area contributed by atoms with E-state index >= 15 is 0 Å². The van der Waals surface area contributed by atoms with Gasteiger partial charge in [0.25, 0.3) is 0 Å². The highest BCUT2D eigenvalue weighted by Gasteiger charge is 2.20. The molecule has 0 amide bonds. The van der Waals surface area contributed by atoms with Gasteiger partial charge < -0.3 is 15.1 Å². The molecule has 0 atom stereocenters. The summed E-state index contributed by atoms with van der Waals surface area (Å²) in [5.74, 6) is 1.01. The number of piperazine rings is 1. The lowest BCUT2D eigenvalue weighted by molar-refractivity contribution is 0.371. The molecule has 6 heteroatoms. The molecule has 0 bridgehead atoms. The number of guanidine groups is 1. The fourth-order valence-corrected chi connectivity index (χ4v) is 3.90. The molecule has 152 valence electrons. The molecule has 2 aromatic rings. The van der Waals surface area contributed by atoms with Crippen LogP contribution < -0.4 is 10.2 Å². The second-order valence-electron chi connectivity index (χ2n) is 7.67. The molecule has 1 aliphatic rings. The lowest BCUT2D eigenvalue weighted by atomic mass is 10.1. The largest absolute Gasteiger partial charge is 0.368 e. The van der Waals surface area contributed by atoms with Crippen molar-refractivity contribution in [2.45, 2.75) is 40.7 Å². The van der Waals surface area contributed by atoms with Gasteiger partial charge in [0.2, 0.25) is 0 Å². The summed E-state index contributed by atoms with van der Waals surface area (Å²) in [6, 6.07) is 8.71. The first-order valence-electron chi connectivity index (χ1n) is 10.3. The number of anilines is 1. The third kappa shape index (κ3) is 4.66. The van der Waals surface area contributed by atoms with E-state index in [1.165, 1.54) is 22.5 Å². The molecule has 0 spiro atoms. The molecule has 28 heavy (non-hydrogen) atoms. The van der Waals surface area contributed by atoms with Crippen LogP contribution in [0.3, 0.4) is 0 Å². The molecule has 1 fully saturated rings. The number of benzene rings is 1. The number of hydrogen-bond donors (Lipinski definition) is 1. The van der Waals surface area contributed by atoms with Crippen molar-refractivity contribution in [2.75, 3.05) is 44.7 Å². The fourth-order valence-electron chi connectivity index (χ4n) is 3.90. The maximum atomic E-state index is 4.53. The molecular weight excluding hydrogens is 348 g/mol. The lowest BCUT2D eigenvalue weighted by Gasteiger charge is -2.38. The van der Waals surface area contributed by atoms with Crippen LogP contribution in [0, 0.1) is 27.7 Å². The van der Waals surface area contributed by atoms with Crippen LogP contribution in [0.2, 0.25) is 0 Å². The van der Waals surface area contributed by atoms with Crippen molar-refractivity contribution in [3.63, 3.8) is 0 Å². The molecule has 1 aromatic carbocycles. The zero-order valence-corrected chi connectivity index (χ0v) is 18.0. The Kier molecular flexibility index (Phi) is 6.60. The van der Waals surface area contributed by atoms with Crippen molar-refractivity contribution < 1.29 is 0 Å². The highest BCUT2D eigenvalue weighted by atomic mass is 15.3. The van der Waals surface area contributed by atoms with Crippen LogP contribution in [-0.4, -0.2) is 60.4 Å². The number of aromatic nitrogens is 2. The van der Waals surface area contributed by atoms with Crippen molar-refractivity contribution in [3.8, 4) is 0 Å². The first kappa shape index (κ1) is 20.2. The molecule has 1 aliphatic heterocycles. The Hall–Kier alpha value is -2.50. The van der Waals surface area contributed by atoms with Gasteiger partial charge in [-0.05, 0) is 57.4 Å². The molecule has 3 rings (SSSR count). The molecular formula is C22H34N6. The van der Waals surface area contributed by atoms with Gasteiger partial charge in [-0.2, -0.15) is 5.10 Å². The summed E-state index contributed by atoms with van der Waals surface area (Å²) in [5, 5.41) is 8.06. The van der Waals surface area contributed by atoms with Gasteiger partial charge in [0, 0.05) is 57.7 Å². The number of nitrogens with zero attached hydrogens (tertiary/aromatic N) is 5. The van der Waals surface area contributed by atoms with Crippen LogP contribution in [0.25, 0.3) is 0 Å². The fraction of sp³-hybridized carbons (Fsp3) is 0.545. The monoisotopic (exact) mass is 382 g/mol. The average Bonchev–Trinajstić information content (AvgIpc) is 3.01. The molecule has 2 heterocycles. The number of hydrogen-bond acceptors (Lipinski definition) is 3. The van der Waals surface area contributed by atoms with E-state index in [-0.39, 0.29) is 0 Å². The topological polar surface area (TPSA) is 48.7 Å². The van der Waals surface area contributed by atoms with E-state index in [2.05, 4.69) is 74.9 Å². The third-order valence-corrected chi connectivity index (χ3v) is 5.64. The van der Waals surface area contributed by atoms with Crippen molar-refractivity contribution >= 4 is 11.6 Å². The van der Waals surface area contributed by atoms with Gasteiger partial charge in [0.05, 0.1) is 5.69 Å². The highest BCUT2D eigenvalue weighted by Crippen LogP contribution is 2.23. The van der Waals surface area contributed by atoms with Crippen LogP contribution in [0.5, 0.6) is 0 Å². The molecule has 1 aromatic heterocycles. The van der Waals surface area contributed by atoms with Crippen molar-refractivity contribution in [2.24, 2.45) is 4.99 Å². The standard InChI is InChI=1S/C22H34N6/c1-17-8-6-9-21(20(17)4)26-12-14-27(15-13-26)22(23-5)24-10-7-11-28-19(3)16-18(2)25-28/h6,8-9,16H,7,10-15H2,1-5H3,(H,23,24). The summed E-state index contributed by atoms with van der Waals surface area (Å²) < 4.78 is 2.09. The Morgan fingerprint density at radius 2 is 1.86 bits per heavy atom. The van der Waals surface area contributed by atoms with Crippen LogP contribution >= 0.6 is 0 Å². The summed E-state index contributed by atoms with van der Waals surface area (Å²) in [6.07, 6.45) is 1.03. The summed E-state index contributed by atoms with van der Waals surface area (Å²) in [4.78, 5) is 9.36. The third-order valence-electron chi connectivity index (χ3n) is 5.64. The van der Waals surface area contributed by atoms with Gasteiger partial charge in [-0.25, -0.2) is 0 Å². The number of aliphatic imine (C=N–C) groups is 1. The second-order valence-corrected chi connectivity index (χ2v) is 7.67. The van der Waals surface area contributed by atoms with E-state index in [1.54, 1.807) is 0 Å². The molecule has 0 radical (unpaired) electrons. The first-order chi connectivity index (χ1) is 13.5. The second kappa shape index (κ2) is 9.13. The van der Waals surface area contributed by atoms with Crippen molar-refractivity contribution in [1.29, 1.82) is 0 Å². The molecule has 6 nitrogen and oxygen atoms in total. The predicted octanol–water partition coefficient (Wildman–Crippen LogP) is 2.90. The minimum absolute atomic E-state index is 0.905. The van der Waals surface area contributed by atoms with E-state index in [0.717, 1.165) is 57.3 Å². The quantitative estimate of drug-likeness (QED) is 0.491. The Morgan fingerprint density at radius 3 is 2.50 bits per heavy atom. The minimum atomic E-state index is 0.905. The van der Waals surface area contributed by atoms with Gasteiger partial charge in [0.1, 0.15) is 0 Å².